The van der Waals surface area contributed by atoms with Gasteiger partial charge in [0.25, 0.3) is 0 Å². The molecule has 0 bridgehead atoms. The molecule has 3 heteroatoms. The van der Waals surface area contributed by atoms with Gasteiger partial charge in [-0.25, -0.2) is 0 Å². The Morgan fingerprint density at radius 1 is 1.50 bits per heavy atom. The Bertz CT molecular complexity index is 412. The van der Waals surface area contributed by atoms with Crippen molar-refractivity contribution >= 4 is 17.4 Å². The maximum Gasteiger partial charge on any atom is 0.166 e. The molecule has 0 radical (unpaired) electrons. The van der Waals surface area contributed by atoms with Gasteiger partial charge in [-0.3, -0.25) is 4.79 Å². The minimum Gasteiger partial charge on any atom is -0.316 e. The van der Waals surface area contributed by atoms with Gasteiger partial charge in [-0.2, -0.15) is 0 Å². The van der Waals surface area contributed by atoms with Gasteiger partial charge in [0.2, 0.25) is 0 Å². The van der Waals surface area contributed by atoms with Crippen molar-refractivity contribution in [2.75, 3.05) is 13.1 Å². The van der Waals surface area contributed by atoms with Crippen LogP contribution in [0.15, 0.2) is 18.2 Å². The number of benzene rings is 1. The van der Waals surface area contributed by atoms with Gasteiger partial charge in [-0.1, -0.05) is 30.7 Å². The Labute approximate surface area is 101 Å². The standard InChI is InChI=1S/C13H16ClNO/c1-8-3-4-10(5-12(8)14)13(16)9(2)11-6-15-7-11/h3-5,9,11,15H,6-7H2,1-2H3. The smallest absolute Gasteiger partial charge is 0.166 e. The fourth-order valence-corrected chi connectivity index (χ4v) is 2.07. The molecule has 1 aromatic carbocycles. The second kappa shape index (κ2) is 4.56. The van der Waals surface area contributed by atoms with Gasteiger partial charge in [0, 0.05) is 16.5 Å². The number of hydrogen-bond acceptors (Lipinski definition) is 2. The Morgan fingerprint density at radius 3 is 2.69 bits per heavy atom. The van der Waals surface area contributed by atoms with E-state index in [0.29, 0.717) is 10.9 Å². The van der Waals surface area contributed by atoms with E-state index in [1.54, 1.807) is 6.07 Å². The van der Waals surface area contributed by atoms with E-state index < -0.39 is 0 Å². The maximum absolute atomic E-state index is 12.2. The van der Waals surface area contributed by atoms with Crippen molar-refractivity contribution < 1.29 is 4.79 Å². The van der Waals surface area contributed by atoms with Crippen molar-refractivity contribution in [1.29, 1.82) is 0 Å². The second-order valence-corrected chi connectivity index (χ2v) is 4.94. The van der Waals surface area contributed by atoms with Crippen molar-refractivity contribution in [3.63, 3.8) is 0 Å². The predicted molar refractivity (Wildman–Crippen MR) is 66.0 cm³/mol. The van der Waals surface area contributed by atoms with E-state index in [9.17, 15) is 4.79 Å². The lowest BCUT2D eigenvalue weighted by Crippen LogP contribution is -2.47. The first-order chi connectivity index (χ1) is 7.59. The van der Waals surface area contributed by atoms with Crippen LogP contribution in [0.1, 0.15) is 22.8 Å². The zero-order valence-corrected chi connectivity index (χ0v) is 10.3. The minimum absolute atomic E-state index is 0.0834. The fraction of sp³-hybridized carbons (Fsp3) is 0.462. The molecule has 1 N–H and O–H groups in total. The molecule has 1 heterocycles. The quantitative estimate of drug-likeness (QED) is 0.819. The molecule has 16 heavy (non-hydrogen) atoms. The number of rotatable bonds is 3. The lowest BCUT2D eigenvalue weighted by molar-refractivity contribution is 0.0854. The van der Waals surface area contributed by atoms with Gasteiger partial charge in [0.15, 0.2) is 5.78 Å². The molecule has 2 rings (SSSR count). The molecular formula is C13H16ClNO. The summed E-state index contributed by atoms with van der Waals surface area (Å²) in [7, 11) is 0. The van der Waals surface area contributed by atoms with Gasteiger partial charge in [0.05, 0.1) is 0 Å². The van der Waals surface area contributed by atoms with Gasteiger partial charge in [0.1, 0.15) is 0 Å². The van der Waals surface area contributed by atoms with E-state index in [2.05, 4.69) is 5.32 Å². The summed E-state index contributed by atoms with van der Waals surface area (Å²) in [5, 5.41) is 3.86. The van der Waals surface area contributed by atoms with Crippen molar-refractivity contribution in [3.05, 3.63) is 34.3 Å². The van der Waals surface area contributed by atoms with Crippen LogP contribution in [0.3, 0.4) is 0 Å². The van der Waals surface area contributed by atoms with Crippen LogP contribution in [0.4, 0.5) is 0 Å². The third-order valence-electron chi connectivity index (χ3n) is 3.39. The highest BCUT2D eigenvalue weighted by Gasteiger charge is 2.29. The first kappa shape index (κ1) is 11.6. The minimum atomic E-state index is 0.0834. The van der Waals surface area contributed by atoms with Crippen LogP contribution in [-0.4, -0.2) is 18.9 Å². The number of aryl methyl sites for hydroxylation is 1. The summed E-state index contributed by atoms with van der Waals surface area (Å²) >= 11 is 6.03. The highest BCUT2D eigenvalue weighted by Crippen LogP contribution is 2.23. The summed E-state index contributed by atoms with van der Waals surface area (Å²) in [6, 6.07) is 5.55. The molecule has 2 nitrogen and oxygen atoms in total. The van der Waals surface area contributed by atoms with Crippen LogP contribution in [0, 0.1) is 18.8 Å². The van der Waals surface area contributed by atoms with Crippen molar-refractivity contribution in [2.45, 2.75) is 13.8 Å². The number of halogens is 1. The summed E-state index contributed by atoms with van der Waals surface area (Å²) in [5.74, 6) is 0.765. The first-order valence-corrected chi connectivity index (χ1v) is 5.98. The first-order valence-electron chi connectivity index (χ1n) is 5.60. The zero-order chi connectivity index (χ0) is 11.7. The molecule has 1 saturated heterocycles. The number of carbonyl (C=O) groups is 1. The summed E-state index contributed by atoms with van der Waals surface area (Å²) in [4.78, 5) is 12.2. The van der Waals surface area contributed by atoms with E-state index in [0.717, 1.165) is 24.2 Å². The molecule has 0 spiro atoms. The Balaban J connectivity index is 2.16. The molecule has 0 aliphatic carbocycles. The van der Waals surface area contributed by atoms with Crippen LogP contribution in [0.5, 0.6) is 0 Å². The lowest BCUT2D eigenvalue weighted by atomic mass is 9.83. The van der Waals surface area contributed by atoms with Crippen LogP contribution in [-0.2, 0) is 0 Å². The molecule has 1 aliphatic rings. The van der Waals surface area contributed by atoms with Gasteiger partial charge < -0.3 is 5.32 Å². The molecule has 0 aromatic heterocycles. The zero-order valence-electron chi connectivity index (χ0n) is 9.59. The molecule has 1 aromatic rings. The average molecular weight is 238 g/mol. The van der Waals surface area contributed by atoms with Gasteiger partial charge in [-0.15, -0.1) is 0 Å². The van der Waals surface area contributed by atoms with E-state index in [4.69, 9.17) is 11.6 Å². The van der Waals surface area contributed by atoms with Crippen LogP contribution in [0.2, 0.25) is 5.02 Å². The van der Waals surface area contributed by atoms with E-state index in [1.165, 1.54) is 0 Å². The predicted octanol–water partition coefficient (Wildman–Crippen LogP) is 2.69. The summed E-state index contributed by atoms with van der Waals surface area (Å²) in [5.41, 5.74) is 1.74. The largest absolute Gasteiger partial charge is 0.316 e. The number of carbonyl (C=O) groups excluding carboxylic acids is 1. The number of hydrogen-bond donors (Lipinski definition) is 1. The van der Waals surface area contributed by atoms with Crippen LogP contribution in [0.25, 0.3) is 0 Å². The molecular weight excluding hydrogens is 222 g/mol. The molecule has 86 valence electrons. The van der Waals surface area contributed by atoms with Gasteiger partial charge in [-0.05, 0) is 37.6 Å². The highest BCUT2D eigenvalue weighted by atomic mass is 35.5. The maximum atomic E-state index is 12.2. The molecule has 1 fully saturated rings. The van der Waals surface area contributed by atoms with Crippen molar-refractivity contribution in [1.82, 2.24) is 5.32 Å². The monoisotopic (exact) mass is 237 g/mol. The Morgan fingerprint density at radius 2 is 2.19 bits per heavy atom. The van der Waals surface area contributed by atoms with E-state index in [1.807, 2.05) is 26.0 Å². The SMILES string of the molecule is Cc1ccc(C(=O)C(C)C2CNC2)cc1Cl. The van der Waals surface area contributed by atoms with Crippen LogP contribution >= 0.6 is 11.6 Å². The Kier molecular flexibility index (Phi) is 3.31. The van der Waals surface area contributed by atoms with Crippen molar-refractivity contribution in [3.8, 4) is 0 Å². The normalized spacial score (nSPS) is 17.9. The summed E-state index contributed by atoms with van der Waals surface area (Å²) in [6.45, 7) is 5.84. The van der Waals surface area contributed by atoms with E-state index in [-0.39, 0.29) is 11.7 Å². The number of ketones is 1. The van der Waals surface area contributed by atoms with Crippen molar-refractivity contribution in [2.24, 2.45) is 11.8 Å². The highest BCUT2D eigenvalue weighted by molar-refractivity contribution is 6.31. The van der Waals surface area contributed by atoms with Crippen LogP contribution < -0.4 is 5.32 Å². The molecule has 1 atom stereocenters. The number of nitrogens with one attached hydrogen (secondary N) is 1. The third kappa shape index (κ3) is 2.13. The average Bonchev–Trinajstić information content (AvgIpc) is 2.18. The lowest BCUT2D eigenvalue weighted by Gasteiger charge is -2.31. The molecule has 1 aliphatic heterocycles. The van der Waals surface area contributed by atoms with Gasteiger partial charge >= 0.3 is 0 Å². The molecule has 0 amide bonds. The topological polar surface area (TPSA) is 29.1 Å². The molecule has 1 unspecified atom stereocenters. The summed E-state index contributed by atoms with van der Waals surface area (Å²) in [6.07, 6.45) is 0. The fourth-order valence-electron chi connectivity index (χ4n) is 1.89. The number of Topliss-reactive ketones (excluding diaryl/α,β-unsaturated/α-hetero) is 1. The third-order valence-corrected chi connectivity index (χ3v) is 3.80. The Hall–Kier alpha value is -0.860. The second-order valence-electron chi connectivity index (χ2n) is 4.54. The summed E-state index contributed by atoms with van der Waals surface area (Å²) < 4.78 is 0. The molecule has 0 saturated carbocycles. The van der Waals surface area contributed by atoms with E-state index >= 15 is 0 Å².